The maximum atomic E-state index is 12.0. The summed E-state index contributed by atoms with van der Waals surface area (Å²) in [7, 11) is 0. The Morgan fingerprint density at radius 2 is 1.46 bits per heavy atom. The zero-order chi connectivity index (χ0) is 20.1. The molecule has 5 nitrogen and oxygen atoms in total. The van der Waals surface area contributed by atoms with Gasteiger partial charge in [0.05, 0.1) is 16.9 Å². The Hall–Kier alpha value is -2.96. The van der Waals surface area contributed by atoms with E-state index in [-0.39, 0.29) is 5.56 Å². The summed E-state index contributed by atoms with van der Waals surface area (Å²) < 4.78 is 23.2. The summed E-state index contributed by atoms with van der Waals surface area (Å²) in [5.74, 6) is -0.942. The van der Waals surface area contributed by atoms with Gasteiger partial charge in [0.2, 0.25) is 0 Å². The van der Waals surface area contributed by atoms with Gasteiger partial charge in [-0.15, -0.1) is 0 Å². The average Bonchev–Trinajstić information content (AvgIpc) is 2.67. The fraction of sp³-hybridized carbons (Fsp3) is 0.136. The van der Waals surface area contributed by atoms with Gasteiger partial charge >= 0.3 is 5.97 Å². The van der Waals surface area contributed by atoms with Crippen LogP contribution in [0.4, 0.5) is 11.4 Å². The molecule has 144 valence electrons. The van der Waals surface area contributed by atoms with E-state index in [1.807, 2.05) is 49.4 Å². The van der Waals surface area contributed by atoms with Crippen molar-refractivity contribution in [2.24, 2.45) is 0 Å². The first-order valence-corrected chi connectivity index (χ1v) is 9.89. The molecule has 0 aliphatic rings. The number of hydrogen-bond donors (Lipinski definition) is 2. The van der Waals surface area contributed by atoms with Crippen molar-refractivity contribution in [1.82, 2.24) is 0 Å². The maximum Gasteiger partial charge on any atom is 0.335 e. The lowest BCUT2D eigenvalue weighted by Gasteiger charge is -2.21. The molecular weight excluding hydrogens is 374 g/mol. The number of aromatic carboxylic acids is 1. The molecule has 0 radical (unpaired) electrons. The van der Waals surface area contributed by atoms with E-state index < -0.39 is 17.2 Å². The molecule has 0 aliphatic heterocycles. The van der Waals surface area contributed by atoms with Crippen LogP contribution in [0.25, 0.3) is 0 Å². The average molecular weight is 395 g/mol. The first kappa shape index (κ1) is 19.8. The number of aryl methyl sites for hydroxylation is 3. The highest BCUT2D eigenvalue weighted by molar-refractivity contribution is 7.81. The van der Waals surface area contributed by atoms with Crippen molar-refractivity contribution in [2.75, 3.05) is 4.31 Å². The number of hydrogen-bond acceptors (Lipinski definition) is 2. The second kappa shape index (κ2) is 8.82. The molecule has 0 amide bonds. The number of carboxylic acids is 1. The monoisotopic (exact) mass is 395 g/mol. The Morgan fingerprint density at radius 3 is 2.07 bits per heavy atom. The summed E-state index contributed by atoms with van der Waals surface area (Å²) in [4.78, 5) is 11.1. The molecule has 1 atom stereocenters. The van der Waals surface area contributed by atoms with Gasteiger partial charge in [0.15, 0.2) is 0 Å². The molecule has 0 fully saturated rings. The van der Waals surface area contributed by atoms with Crippen LogP contribution in [0.5, 0.6) is 0 Å². The minimum Gasteiger partial charge on any atom is -0.478 e. The fourth-order valence-corrected chi connectivity index (χ4v) is 3.66. The molecule has 1 unspecified atom stereocenters. The number of carbonyl (C=O) groups is 1. The van der Waals surface area contributed by atoms with E-state index >= 15 is 0 Å². The second-order valence-corrected chi connectivity index (χ2v) is 7.37. The molecule has 3 rings (SSSR count). The van der Waals surface area contributed by atoms with Gasteiger partial charge in [-0.25, -0.2) is 13.3 Å². The Bertz CT molecular complexity index is 1020. The highest BCUT2D eigenvalue weighted by atomic mass is 32.2. The fourth-order valence-electron chi connectivity index (χ4n) is 3.07. The van der Waals surface area contributed by atoms with Gasteiger partial charge in [-0.2, -0.15) is 0 Å². The largest absolute Gasteiger partial charge is 0.478 e. The van der Waals surface area contributed by atoms with Gasteiger partial charge in [-0.3, -0.25) is 4.55 Å². The predicted octanol–water partition coefficient (Wildman–Crippen LogP) is 4.75. The van der Waals surface area contributed by atoms with E-state index in [1.54, 1.807) is 30.3 Å². The number of anilines is 2. The zero-order valence-corrected chi connectivity index (χ0v) is 16.2. The van der Waals surface area contributed by atoms with Crippen molar-refractivity contribution in [2.45, 2.75) is 19.8 Å². The van der Waals surface area contributed by atoms with Gasteiger partial charge in [-0.1, -0.05) is 36.4 Å². The van der Waals surface area contributed by atoms with Gasteiger partial charge in [0.25, 0.3) is 11.3 Å². The zero-order valence-electron chi connectivity index (χ0n) is 15.4. The van der Waals surface area contributed by atoms with Crippen molar-refractivity contribution < 1.29 is 18.7 Å². The molecule has 0 aliphatic carbocycles. The number of nitrogens with zero attached hydrogens (tertiary/aromatic N) is 1. The minimum atomic E-state index is -2.20. The van der Waals surface area contributed by atoms with E-state index in [9.17, 15) is 13.6 Å². The second-order valence-electron chi connectivity index (χ2n) is 6.54. The first-order chi connectivity index (χ1) is 13.4. The van der Waals surface area contributed by atoms with Crippen LogP contribution >= 0.6 is 0 Å². The Balaban J connectivity index is 1.82. The van der Waals surface area contributed by atoms with Crippen LogP contribution in [0.15, 0.2) is 72.8 Å². The molecule has 28 heavy (non-hydrogen) atoms. The van der Waals surface area contributed by atoms with E-state index in [0.29, 0.717) is 24.2 Å². The maximum absolute atomic E-state index is 12.0. The lowest BCUT2D eigenvalue weighted by Crippen LogP contribution is -2.19. The van der Waals surface area contributed by atoms with Crippen LogP contribution in [-0.4, -0.2) is 19.8 Å². The van der Waals surface area contributed by atoms with Crippen molar-refractivity contribution in [1.29, 1.82) is 0 Å². The van der Waals surface area contributed by atoms with Crippen molar-refractivity contribution >= 4 is 28.6 Å². The third-order valence-electron chi connectivity index (χ3n) is 4.41. The Labute approximate surface area is 166 Å². The van der Waals surface area contributed by atoms with Crippen molar-refractivity contribution in [3.05, 3.63) is 95.1 Å². The van der Waals surface area contributed by atoms with Crippen molar-refractivity contribution in [3.63, 3.8) is 0 Å². The molecule has 3 aromatic rings. The quantitative estimate of drug-likeness (QED) is 0.566. The topological polar surface area (TPSA) is 77.8 Å². The van der Waals surface area contributed by atoms with E-state index in [4.69, 9.17) is 5.11 Å². The third kappa shape index (κ3) is 4.85. The molecule has 2 N–H and O–H groups in total. The highest BCUT2D eigenvalue weighted by Crippen LogP contribution is 2.28. The van der Waals surface area contributed by atoms with Crippen LogP contribution in [0, 0.1) is 6.92 Å². The lowest BCUT2D eigenvalue weighted by molar-refractivity contribution is 0.0696. The van der Waals surface area contributed by atoms with E-state index in [2.05, 4.69) is 0 Å². The molecule has 0 bridgehead atoms. The van der Waals surface area contributed by atoms with Crippen LogP contribution in [0.3, 0.4) is 0 Å². The molecule has 0 heterocycles. The van der Waals surface area contributed by atoms with Crippen LogP contribution in [0.2, 0.25) is 0 Å². The minimum absolute atomic E-state index is 0.271. The molecular formula is C22H21NO4S. The lowest BCUT2D eigenvalue weighted by atomic mass is 10.0. The van der Waals surface area contributed by atoms with E-state index in [0.717, 1.165) is 16.7 Å². The van der Waals surface area contributed by atoms with Gasteiger partial charge in [-0.05, 0) is 72.9 Å². The molecule has 0 spiro atoms. The first-order valence-electron chi connectivity index (χ1n) is 8.83. The van der Waals surface area contributed by atoms with Gasteiger partial charge in [0.1, 0.15) is 0 Å². The number of benzene rings is 3. The summed E-state index contributed by atoms with van der Waals surface area (Å²) in [6.07, 6.45) is 1.37. The Morgan fingerprint density at radius 1 is 0.893 bits per heavy atom. The summed E-state index contributed by atoms with van der Waals surface area (Å²) in [6, 6.07) is 21.8. The SMILES string of the molecule is Cc1cccc(N(c2cccc(CCc3cccc(C(=O)O)c3)c2)S(=O)O)c1. The molecule has 6 heteroatoms. The molecule has 3 aromatic carbocycles. The van der Waals surface area contributed by atoms with Gasteiger partial charge < -0.3 is 5.11 Å². The van der Waals surface area contributed by atoms with Crippen LogP contribution in [-0.2, 0) is 24.1 Å². The van der Waals surface area contributed by atoms with E-state index in [1.165, 1.54) is 4.31 Å². The van der Waals surface area contributed by atoms with Crippen LogP contribution in [0.1, 0.15) is 27.0 Å². The summed E-state index contributed by atoms with van der Waals surface area (Å²) >= 11 is -2.20. The Kier molecular flexibility index (Phi) is 6.23. The highest BCUT2D eigenvalue weighted by Gasteiger charge is 2.15. The predicted molar refractivity (Wildman–Crippen MR) is 111 cm³/mol. The van der Waals surface area contributed by atoms with Crippen LogP contribution < -0.4 is 4.31 Å². The summed E-state index contributed by atoms with van der Waals surface area (Å²) in [6.45, 7) is 1.93. The number of carboxylic acid groups (broad SMARTS) is 1. The van der Waals surface area contributed by atoms with Crippen molar-refractivity contribution in [3.8, 4) is 0 Å². The summed E-state index contributed by atoms with van der Waals surface area (Å²) in [5.41, 5.74) is 4.48. The number of rotatable bonds is 7. The normalized spacial score (nSPS) is 11.8. The van der Waals surface area contributed by atoms with Gasteiger partial charge in [0, 0.05) is 0 Å². The third-order valence-corrected chi connectivity index (χ3v) is 5.15. The smallest absolute Gasteiger partial charge is 0.335 e. The summed E-state index contributed by atoms with van der Waals surface area (Å²) in [5, 5.41) is 9.11. The standard InChI is InChI=1S/C22H21NO4S/c1-16-5-2-9-20(13-16)23(28(26)27)21-10-4-7-18(15-21)12-11-17-6-3-8-19(14-17)22(24)25/h2-10,13-15H,11-12H2,1H3,(H,24,25)(H,26,27). The molecule has 0 aromatic heterocycles. The molecule has 0 saturated heterocycles. The molecule has 0 saturated carbocycles.